The molecule has 0 bridgehead atoms. The first-order valence-corrected chi connectivity index (χ1v) is 7.28. The Labute approximate surface area is 117 Å². The normalized spacial score (nSPS) is 29.9. The summed E-state index contributed by atoms with van der Waals surface area (Å²) in [5.41, 5.74) is -2.12. The largest absolute Gasteiger partial charge is 0.340 e. The molecule has 6 heteroatoms. The third-order valence-electron chi connectivity index (χ3n) is 4.75. The predicted molar refractivity (Wildman–Crippen MR) is 70.4 cm³/mol. The van der Waals surface area contributed by atoms with Gasteiger partial charge in [-0.1, -0.05) is 26.2 Å². The Bertz CT molecular complexity index is 408. The smallest absolute Gasteiger partial charge is 0.255 e. The van der Waals surface area contributed by atoms with Crippen molar-refractivity contribution >= 4 is 11.8 Å². The van der Waals surface area contributed by atoms with E-state index in [1.807, 2.05) is 0 Å². The number of nitrogens with zero attached hydrogens (tertiary/aromatic N) is 1. The lowest BCUT2D eigenvalue weighted by Gasteiger charge is -2.53. The van der Waals surface area contributed by atoms with Gasteiger partial charge in [-0.3, -0.25) is 9.59 Å². The molecule has 1 heterocycles. The minimum absolute atomic E-state index is 0.262. The van der Waals surface area contributed by atoms with Crippen molar-refractivity contribution in [2.24, 2.45) is 0 Å². The van der Waals surface area contributed by atoms with E-state index >= 15 is 0 Å². The highest BCUT2D eigenvalue weighted by Crippen LogP contribution is 2.39. The minimum atomic E-state index is -2.62. The maximum absolute atomic E-state index is 12.9. The summed E-state index contributed by atoms with van der Waals surface area (Å²) in [6.07, 6.45) is 1.31. The van der Waals surface area contributed by atoms with Gasteiger partial charge in [0.2, 0.25) is 11.8 Å². The second-order valence-electron chi connectivity index (χ2n) is 6.04. The van der Waals surface area contributed by atoms with Crippen molar-refractivity contribution in [3.05, 3.63) is 0 Å². The number of nitrogens with one attached hydrogen (secondary N) is 1. The number of alkyl halides is 2. The molecule has 2 amide bonds. The summed E-state index contributed by atoms with van der Waals surface area (Å²) in [5.74, 6) is -0.636. The van der Waals surface area contributed by atoms with E-state index in [1.54, 1.807) is 13.8 Å². The topological polar surface area (TPSA) is 49.4 Å². The van der Waals surface area contributed by atoms with Crippen LogP contribution >= 0.6 is 0 Å². The highest BCUT2D eigenvalue weighted by Gasteiger charge is 2.56. The molecular weight excluding hydrogens is 266 g/mol. The lowest BCUT2D eigenvalue weighted by molar-refractivity contribution is -0.168. The summed E-state index contributed by atoms with van der Waals surface area (Å²) in [7, 11) is 0. The molecule has 4 nitrogen and oxygen atoms in total. The van der Waals surface area contributed by atoms with E-state index in [0.29, 0.717) is 19.3 Å². The average molecular weight is 288 g/mol. The molecule has 2 rings (SSSR count). The van der Waals surface area contributed by atoms with Gasteiger partial charge in [0, 0.05) is 0 Å². The minimum Gasteiger partial charge on any atom is -0.340 e. The van der Waals surface area contributed by atoms with Gasteiger partial charge < -0.3 is 10.2 Å². The van der Waals surface area contributed by atoms with Gasteiger partial charge in [0.05, 0.1) is 6.54 Å². The number of amides is 2. The van der Waals surface area contributed by atoms with Crippen molar-refractivity contribution in [1.82, 2.24) is 10.2 Å². The standard InChI is InChI=1S/C14H22F2N2O2/c1-3-13(2)12(20)18(9-10(15)16)14(11(19)17-13)7-5-4-6-8-14/h10H,3-9H2,1-2H3,(H,17,19). The molecule has 1 atom stereocenters. The van der Waals surface area contributed by atoms with Crippen LogP contribution < -0.4 is 5.32 Å². The molecule has 1 spiro atoms. The first-order valence-electron chi connectivity index (χ1n) is 7.28. The van der Waals surface area contributed by atoms with Crippen molar-refractivity contribution in [3.8, 4) is 0 Å². The van der Waals surface area contributed by atoms with Crippen LogP contribution in [0.1, 0.15) is 52.4 Å². The van der Waals surface area contributed by atoms with Crippen molar-refractivity contribution in [1.29, 1.82) is 0 Å². The number of hydrogen-bond donors (Lipinski definition) is 1. The van der Waals surface area contributed by atoms with E-state index < -0.39 is 24.0 Å². The van der Waals surface area contributed by atoms with Crippen LogP contribution in [-0.2, 0) is 9.59 Å². The Morgan fingerprint density at radius 3 is 2.35 bits per heavy atom. The van der Waals surface area contributed by atoms with Crippen LogP contribution in [0.2, 0.25) is 0 Å². The Kier molecular flexibility index (Phi) is 4.02. The molecule has 1 aliphatic heterocycles. The van der Waals surface area contributed by atoms with Gasteiger partial charge in [0.25, 0.3) is 6.43 Å². The zero-order chi connectivity index (χ0) is 15.0. The highest BCUT2D eigenvalue weighted by atomic mass is 19.3. The number of halogens is 2. The van der Waals surface area contributed by atoms with Crippen LogP contribution in [-0.4, -0.2) is 40.8 Å². The van der Waals surface area contributed by atoms with Crippen molar-refractivity contribution in [2.45, 2.75) is 69.9 Å². The van der Waals surface area contributed by atoms with Crippen LogP contribution in [0.15, 0.2) is 0 Å². The zero-order valence-corrected chi connectivity index (χ0v) is 12.0. The van der Waals surface area contributed by atoms with Gasteiger partial charge in [0.15, 0.2) is 0 Å². The molecule has 1 saturated carbocycles. The van der Waals surface area contributed by atoms with Crippen molar-refractivity contribution in [2.75, 3.05) is 6.54 Å². The Morgan fingerprint density at radius 1 is 1.25 bits per heavy atom. The molecule has 20 heavy (non-hydrogen) atoms. The quantitative estimate of drug-likeness (QED) is 0.864. The van der Waals surface area contributed by atoms with Crippen LogP contribution in [0, 0.1) is 0 Å². The van der Waals surface area contributed by atoms with Gasteiger partial charge in [-0.15, -0.1) is 0 Å². The monoisotopic (exact) mass is 288 g/mol. The van der Waals surface area contributed by atoms with E-state index in [-0.39, 0.29) is 11.8 Å². The van der Waals surface area contributed by atoms with E-state index in [0.717, 1.165) is 19.3 Å². The highest BCUT2D eigenvalue weighted by molar-refractivity contribution is 6.02. The summed E-state index contributed by atoms with van der Waals surface area (Å²) in [4.78, 5) is 26.3. The maximum Gasteiger partial charge on any atom is 0.255 e. The number of rotatable bonds is 3. The van der Waals surface area contributed by atoms with Crippen LogP contribution in [0.5, 0.6) is 0 Å². The van der Waals surface area contributed by atoms with Gasteiger partial charge in [-0.2, -0.15) is 0 Å². The SMILES string of the molecule is CCC1(C)NC(=O)C2(CCCCC2)N(CC(F)F)C1=O. The lowest BCUT2D eigenvalue weighted by Crippen LogP contribution is -2.75. The van der Waals surface area contributed by atoms with E-state index in [9.17, 15) is 18.4 Å². The van der Waals surface area contributed by atoms with Crippen LogP contribution in [0.25, 0.3) is 0 Å². The molecule has 1 aliphatic carbocycles. The molecule has 1 saturated heterocycles. The molecule has 1 unspecified atom stereocenters. The molecular formula is C14H22F2N2O2. The summed E-state index contributed by atoms with van der Waals surface area (Å²) in [6, 6.07) is 0. The summed E-state index contributed by atoms with van der Waals surface area (Å²) in [5, 5.41) is 2.78. The molecule has 2 aliphatic rings. The van der Waals surface area contributed by atoms with Crippen molar-refractivity contribution < 1.29 is 18.4 Å². The average Bonchev–Trinajstić information content (AvgIpc) is 2.43. The maximum atomic E-state index is 12.9. The number of piperazine rings is 1. The third-order valence-corrected chi connectivity index (χ3v) is 4.75. The molecule has 2 fully saturated rings. The zero-order valence-electron chi connectivity index (χ0n) is 12.0. The van der Waals surface area contributed by atoms with Crippen LogP contribution in [0.3, 0.4) is 0 Å². The first kappa shape index (κ1) is 15.2. The molecule has 114 valence electrons. The number of hydrogen-bond acceptors (Lipinski definition) is 2. The summed E-state index contributed by atoms with van der Waals surface area (Å²) < 4.78 is 25.8. The Morgan fingerprint density at radius 2 is 1.85 bits per heavy atom. The van der Waals surface area contributed by atoms with E-state index in [1.165, 1.54) is 4.90 Å². The van der Waals surface area contributed by atoms with Gasteiger partial charge in [-0.25, -0.2) is 8.78 Å². The van der Waals surface area contributed by atoms with Crippen LogP contribution in [0.4, 0.5) is 8.78 Å². The second-order valence-corrected chi connectivity index (χ2v) is 6.04. The predicted octanol–water partition coefficient (Wildman–Crippen LogP) is 2.08. The third kappa shape index (κ3) is 2.29. The number of carbonyl (C=O) groups excluding carboxylic acids is 2. The first-order chi connectivity index (χ1) is 9.35. The van der Waals surface area contributed by atoms with Gasteiger partial charge >= 0.3 is 0 Å². The fourth-order valence-corrected chi connectivity index (χ4v) is 3.30. The fourth-order valence-electron chi connectivity index (χ4n) is 3.30. The molecule has 0 aromatic heterocycles. The molecule has 0 radical (unpaired) electrons. The summed E-state index contributed by atoms with van der Waals surface area (Å²) in [6.45, 7) is 2.74. The number of carbonyl (C=O) groups is 2. The summed E-state index contributed by atoms with van der Waals surface area (Å²) >= 11 is 0. The fraction of sp³-hybridized carbons (Fsp3) is 0.857. The van der Waals surface area contributed by atoms with Gasteiger partial charge in [0.1, 0.15) is 11.1 Å². The lowest BCUT2D eigenvalue weighted by atomic mass is 9.75. The van der Waals surface area contributed by atoms with E-state index in [2.05, 4.69) is 5.32 Å². The van der Waals surface area contributed by atoms with Gasteiger partial charge in [-0.05, 0) is 26.2 Å². The van der Waals surface area contributed by atoms with E-state index in [4.69, 9.17) is 0 Å². The molecule has 0 aromatic rings. The Balaban J connectivity index is 2.39. The second kappa shape index (κ2) is 5.30. The molecule has 0 aromatic carbocycles. The Hall–Kier alpha value is -1.20. The molecule has 1 N–H and O–H groups in total. The van der Waals surface area contributed by atoms with Crippen molar-refractivity contribution in [3.63, 3.8) is 0 Å².